The number of nitrogens with one attached hydrogen (secondary N) is 2. The lowest BCUT2D eigenvalue weighted by Crippen LogP contribution is -2.47. The molecule has 100 valence electrons. The molecule has 18 heavy (non-hydrogen) atoms. The molecule has 0 atom stereocenters. The van der Waals surface area contributed by atoms with Crippen molar-refractivity contribution in [2.45, 2.75) is 19.4 Å². The van der Waals surface area contributed by atoms with E-state index >= 15 is 0 Å². The smallest absolute Gasteiger partial charge is 0.244 e. The van der Waals surface area contributed by atoms with Crippen LogP contribution in [0.2, 0.25) is 0 Å². The number of benzene rings is 1. The zero-order valence-corrected chi connectivity index (χ0v) is 11.5. The molecular weight excluding hydrogens is 232 g/mol. The Bertz CT molecular complexity index is 408. The number of carbonyl (C=O) groups excluding carboxylic acids is 1. The maximum Gasteiger partial charge on any atom is 0.244 e. The van der Waals surface area contributed by atoms with E-state index in [-0.39, 0.29) is 5.91 Å². The Balaban J connectivity index is 2.93. The SMILES string of the molecule is CNC(C)(C)C(=O)Nc1cc(OC)cc(OC)c1. The van der Waals surface area contributed by atoms with E-state index in [0.29, 0.717) is 17.2 Å². The highest BCUT2D eigenvalue weighted by Crippen LogP contribution is 2.26. The van der Waals surface area contributed by atoms with Gasteiger partial charge in [0.2, 0.25) is 5.91 Å². The van der Waals surface area contributed by atoms with Gasteiger partial charge in [-0.05, 0) is 20.9 Å². The van der Waals surface area contributed by atoms with Crippen LogP contribution in [-0.4, -0.2) is 32.7 Å². The number of carbonyl (C=O) groups is 1. The molecule has 0 saturated carbocycles. The Morgan fingerprint density at radius 3 is 2.00 bits per heavy atom. The number of amides is 1. The van der Waals surface area contributed by atoms with E-state index in [1.807, 2.05) is 0 Å². The molecule has 1 amide bonds. The summed E-state index contributed by atoms with van der Waals surface area (Å²) in [6.07, 6.45) is 0. The second-order valence-electron chi connectivity index (χ2n) is 4.43. The first-order chi connectivity index (χ1) is 8.42. The number of methoxy groups -OCH3 is 2. The Hall–Kier alpha value is -1.75. The van der Waals surface area contributed by atoms with Gasteiger partial charge < -0.3 is 20.1 Å². The van der Waals surface area contributed by atoms with Crippen LogP contribution in [0.3, 0.4) is 0 Å². The van der Waals surface area contributed by atoms with Crippen molar-refractivity contribution in [3.05, 3.63) is 18.2 Å². The normalized spacial score (nSPS) is 10.9. The van der Waals surface area contributed by atoms with E-state index in [0.717, 1.165) is 0 Å². The number of anilines is 1. The highest BCUT2D eigenvalue weighted by molar-refractivity contribution is 5.97. The van der Waals surface area contributed by atoms with E-state index in [2.05, 4.69) is 10.6 Å². The molecular formula is C13H20N2O3. The zero-order valence-electron chi connectivity index (χ0n) is 11.5. The minimum atomic E-state index is -0.643. The van der Waals surface area contributed by atoms with Crippen LogP contribution in [0.4, 0.5) is 5.69 Å². The van der Waals surface area contributed by atoms with E-state index in [1.54, 1.807) is 53.3 Å². The first kappa shape index (κ1) is 14.3. The summed E-state index contributed by atoms with van der Waals surface area (Å²) in [5.41, 5.74) is -0.00410. The first-order valence-corrected chi connectivity index (χ1v) is 5.66. The van der Waals surface area contributed by atoms with Crippen molar-refractivity contribution >= 4 is 11.6 Å². The summed E-state index contributed by atoms with van der Waals surface area (Å²) in [6.45, 7) is 3.61. The van der Waals surface area contributed by atoms with Crippen LogP contribution >= 0.6 is 0 Å². The molecule has 5 nitrogen and oxygen atoms in total. The molecule has 0 radical (unpaired) electrons. The molecule has 2 N–H and O–H groups in total. The number of likely N-dealkylation sites (N-methyl/N-ethyl adjacent to an activating group) is 1. The summed E-state index contributed by atoms with van der Waals surface area (Å²) >= 11 is 0. The van der Waals surface area contributed by atoms with E-state index < -0.39 is 5.54 Å². The van der Waals surface area contributed by atoms with Gasteiger partial charge in [-0.25, -0.2) is 0 Å². The van der Waals surface area contributed by atoms with Gasteiger partial charge in [0.05, 0.1) is 19.8 Å². The van der Waals surface area contributed by atoms with Crippen molar-refractivity contribution < 1.29 is 14.3 Å². The molecule has 1 aromatic rings. The van der Waals surface area contributed by atoms with Crippen LogP contribution in [0.1, 0.15) is 13.8 Å². The summed E-state index contributed by atoms with van der Waals surface area (Å²) in [6, 6.07) is 5.23. The van der Waals surface area contributed by atoms with E-state index in [1.165, 1.54) is 0 Å². The van der Waals surface area contributed by atoms with Crippen molar-refractivity contribution in [3.63, 3.8) is 0 Å². The second kappa shape index (κ2) is 5.73. The summed E-state index contributed by atoms with van der Waals surface area (Å²) in [5.74, 6) is 1.14. The molecule has 0 unspecified atom stereocenters. The van der Waals surface area contributed by atoms with Crippen molar-refractivity contribution in [1.82, 2.24) is 5.32 Å². The standard InChI is InChI=1S/C13H20N2O3/c1-13(2,14-3)12(16)15-9-6-10(17-4)8-11(7-9)18-5/h6-8,14H,1-5H3,(H,15,16). The highest BCUT2D eigenvalue weighted by atomic mass is 16.5. The fourth-order valence-electron chi connectivity index (χ4n) is 1.28. The first-order valence-electron chi connectivity index (χ1n) is 5.66. The highest BCUT2D eigenvalue weighted by Gasteiger charge is 2.25. The van der Waals surface area contributed by atoms with E-state index in [9.17, 15) is 4.79 Å². The average molecular weight is 252 g/mol. The molecule has 0 aliphatic rings. The third-order valence-electron chi connectivity index (χ3n) is 2.80. The molecule has 1 aromatic carbocycles. The topological polar surface area (TPSA) is 59.6 Å². The second-order valence-corrected chi connectivity index (χ2v) is 4.43. The van der Waals surface area contributed by atoms with Gasteiger partial charge in [0.15, 0.2) is 0 Å². The molecule has 0 fully saturated rings. The third-order valence-corrected chi connectivity index (χ3v) is 2.80. The maximum atomic E-state index is 12.0. The third kappa shape index (κ3) is 3.37. The molecule has 1 rings (SSSR count). The van der Waals surface area contributed by atoms with Gasteiger partial charge in [-0.1, -0.05) is 0 Å². The molecule has 0 heterocycles. The summed E-state index contributed by atoms with van der Waals surface area (Å²) < 4.78 is 10.3. The van der Waals surface area contributed by atoms with Gasteiger partial charge in [0, 0.05) is 23.9 Å². The molecule has 0 saturated heterocycles. The Morgan fingerprint density at radius 1 is 1.11 bits per heavy atom. The molecule has 0 aromatic heterocycles. The fraction of sp³-hybridized carbons (Fsp3) is 0.462. The fourth-order valence-corrected chi connectivity index (χ4v) is 1.28. The van der Waals surface area contributed by atoms with E-state index in [4.69, 9.17) is 9.47 Å². The monoisotopic (exact) mass is 252 g/mol. The van der Waals surface area contributed by atoms with Crippen LogP contribution in [0.5, 0.6) is 11.5 Å². The quantitative estimate of drug-likeness (QED) is 0.836. The van der Waals surface area contributed by atoms with Crippen molar-refractivity contribution in [3.8, 4) is 11.5 Å². The number of rotatable bonds is 5. The number of ether oxygens (including phenoxy) is 2. The maximum absolute atomic E-state index is 12.0. The van der Waals surface area contributed by atoms with Gasteiger partial charge in [0.25, 0.3) is 0 Å². The lowest BCUT2D eigenvalue weighted by Gasteiger charge is -2.23. The van der Waals surface area contributed by atoms with Crippen LogP contribution in [0.15, 0.2) is 18.2 Å². The van der Waals surface area contributed by atoms with Gasteiger partial charge >= 0.3 is 0 Å². The van der Waals surface area contributed by atoms with Crippen molar-refractivity contribution in [2.24, 2.45) is 0 Å². The van der Waals surface area contributed by atoms with Crippen LogP contribution in [0.25, 0.3) is 0 Å². The van der Waals surface area contributed by atoms with Crippen LogP contribution in [-0.2, 0) is 4.79 Å². The van der Waals surface area contributed by atoms with Gasteiger partial charge in [-0.3, -0.25) is 4.79 Å². The predicted octanol–water partition coefficient (Wildman–Crippen LogP) is 1.64. The average Bonchev–Trinajstić information content (AvgIpc) is 2.37. The summed E-state index contributed by atoms with van der Waals surface area (Å²) in [7, 11) is 4.88. The molecule has 0 aliphatic carbocycles. The molecule has 0 bridgehead atoms. The molecule has 0 aliphatic heterocycles. The van der Waals surface area contributed by atoms with Gasteiger partial charge in [-0.2, -0.15) is 0 Å². The zero-order chi connectivity index (χ0) is 13.8. The minimum Gasteiger partial charge on any atom is -0.497 e. The predicted molar refractivity (Wildman–Crippen MR) is 71.3 cm³/mol. The van der Waals surface area contributed by atoms with Gasteiger partial charge in [-0.15, -0.1) is 0 Å². The number of hydrogen-bond donors (Lipinski definition) is 2. The van der Waals surface area contributed by atoms with Crippen molar-refractivity contribution in [1.29, 1.82) is 0 Å². The summed E-state index contributed by atoms with van der Waals surface area (Å²) in [4.78, 5) is 12.0. The molecule has 5 heteroatoms. The summed E-state index contributed by atoms with van der Waals surface area (Å²) in [5, 5.41) is 5.77. The van der Waals surface area contributed by atoms with Crippen LogP contribution < -0.4 is 20.1 Å². The lowest BCUT2D eigenvalue weighted by molar-refractivity contribution is -0.121. The van der Waals surface area contributed by atoms with Crippen molar-refractivity contribution in [2.75, 3.05) is 26.6 Å². The van der Waals surface area contributed by atoms with Crippen LogP contribution in [0, 0.1) is 0 Å². The largest absolute Gasteiger partial charge is 0.497 e. The Morgan fingerprint density at radius 2 is 1.61 bits per heavy atom. The number of hydrogen-bond acceptors (Lipinski definition) is 4. The van der Waals surface area contributed by atoms with Gasteiger partial charge in [0.1, 0.15) is 11.5 Å². The Labute approximate surface area is 107 Å². The minimum absolute atomic E-state index is 0.125. The Kier molecular flexibility index (Phi) is 4.55. The lowest BCUT2D eigenvalue weighted by atomic mass is 10.1. The molecule has 0 spiro atoms.